The van der Waals surface area contributed by atoms with E-state index in [1.807, 2.05) is 6.08 Å². The Morgan fingerprint density at radius 2 is 1.65 bits per heavy atom. The molecule has 0 atom stereocenters. The predicted molar refractivity (Wildman–Crippen MR) is 90.3 cm³/mol. The van der Waals surface area contributed by atoms with Crippen LogP contribution < -0.4 is 0 Å². The van der Waals surface area contributed by atoms with Gasteiger partial charge < -0.3 is 4.43 Å². The van der Waals surface area contributed by atoms with Gasteiger partial charge in [-0.2, -0.15) is 0 Å². The Morgan fingerprint density at radius 3 is 2.10 bits per heavy atom. The Bertz CT molecular complexity index is 380. The van der Waals surface area contributed by atoms with E-state index in [0.29, 0.717) is 6.42 Å². The van der Waals surface area contributed by atoms with Crippen molar-refractivity contribution in [2.45, 2.75) is 78.9 Å². The van der Waals surface area contributed by atoms with Gasteiger partial charge in [-0.3, -0.25) is 4.79 Å². The third kappa shape index (κ3) is 7.68. The summed E-state index contributed by atoms with van der Waals surface area (Å²) in [4.78, 5) is 11.9. The molecule has 0 unspecified atom stereocenters. The monoisotopic (exact) mass is 296 g/mol. The van der Waals surface area contributed by atoms with Crippen LogP contribution in [0.15, 0.2) is 23.3 Å². The van der Waals surface area contributed by atoms with Gasteiger partial charge in [0.25, 0.3) is 14.3 Å². The van der Waals surface area contributed by atoms with Crippen LogP contribution in [0.2, 0.25) is 18.1 Å². The first-order chi connectivity index (χ1) is 8.95. The molecule has 0 N–H and O–H groups in total. The van der Waals surface area contributed by atoms with Gasteiger partial charge in [-0.25, -0.2) is 0 Å². The van der Waals surface area contributed by atoms with Crippen molar-refractivity contribution in [3.63, 3.8) is 0 Å². The fourth-order valence-electron chi connectivity index (χ4n) is 1.43. The van der Waals surface area contributed by atoms with Crippen LogP contribution in [0.4, 0.5) is 0 Å². The van der Waals surface area contributed by atoms with Crippen LogP contribution in [-0.2, 0) is 9.22 Å². The molecule has 20 heavy (non-hydrogen) atoms. The third-order valence-corrected chi connectivity index (χ3v) is 8.23. The average molecular weight is 297 g/mol. The third-order valence-electron chi connectivity index (χ3n) is 3.88. The molecule has 0 aliphatic rings. The standard InChI is InChI=1S/C17H32O2Si/c1-14(2)10-9-11-15(3)12-13-16(18)19-20(7,8)17(4,5)6/h10,12H,9,11,13H2,1-8H3/b15-12+. The molecule has 3 heteroatoms. The van der Waals surface area contributed by atoms with E-state index in [-0.39, 0.29) is 11.0 Å². The van der Waals surface area contributed by atoms with Gasteiger partial charge in [0.2, 0.25) is 0 Å². The summed E-state index contributed by atoms with van der Waals surface area (Å²) < 4.78 is 5.74. The molecule has 0 saturated carbocycles. The lowest BCUT2D eigenvalue weighted by molar-refractivity contribution is -0.134. The zero-order valence-electron chi connectivity index (χ0n) is 14.6. The molecule has 0 amide bonds. The van der Waals surface area contributed by atoms with Crippen LogP contribution in [0.25, 0.3) is 0 Å². The van der Waals surface area contributed by atoms with Gasteiger partial charge in [0.15, 0.2) is 0 Å². The largest absolute Gasteiger partial charge is 0.519 e. The van der Waals surface area contributed by atoms with E-state index < -0.39 is 8.32 Å². The summed E-state index contributed by atoms with van der Waals surface area (Å²) in [5.74, 6) is -0.0850. The maximum atomic E-state index is 11.9. The molecular formula is C17H32O2Si. The van der Waals surface area contributed by atoms with Crippen LogP contribution in [0, 0.1) is 0 Å². The molecule has 0 saturated heterocycles. The van der Waals surface area contributed by atoms with Crippen LogP contribution in [0.1, 0.15) is 60.8 Å². The molecule has 0 aromatic rings. The van der Waals surface area contributed by atoms with Crippen LogP contribution in [-0.4, -0.2) is 14.3 Å². The number of rotatable bonds is 6. The molecule has 0 aliphatic heterocycles. The Balaban J connectivity index is 4.32. The molecule has 0 aliphatic carbocycles. The second-order valence-corrected chi connectivity index (χ2v) is 12.0. The first kappa shape index (κ1) is 19.2. The zero-order valence-corrected chi connectivity index (χ0v) is 15.6. The maximum Gasteiger partial charge on any atom is 0.296 e. The highest BCUT2D eigenvalue weighted by Crippen LogP contribution is 2.36. The fraction of sp³-hybridized carbons (Fsp3) is 0.706. The Hall–Kier alpha value is -0.833. The quantitative estimate of drug-likeness (QED) is 0.470. The Kier molecular flexibility index (Phi) is 7.49. The molecule has 0 heterocycles. The van der Waals surface area contributed by atoms with E-state index in [2.05, 4.69) is 60.7 Å². The van der Waals surface area contributed by atoms with E-state index in [4.69, 9.17) is 4.43 Å². The lowest BCUT2D eigenvalue weighted by Crippen LogP contribution is -2.42. The second kappa shape index (κ2) is 7.82. The summed E-state index contributed by atoms with van der Waals surface area (Å²) in [5.41, 5.74) is 2.60. The summed E-state index contributed by atoms with van der Waals surface area (Å²) in [6.07, 6.45) is 6.69. The molecular weight excluding hydrogens is 264 g/mol. The van der Waals surface area contributed by atoms with E-state index in [0.717, 1.165) is 12.8 Å². The van der Waals surface area contributed by atoms with Gasteiger partial charge >= 0.3 is 0 Å². The number of allylic oxidation sites excluding steroid dienone is 3. The van der Waals surface area contributed by atoms with Crippen molar-refractivity contribution in [2.75, 3.05) is 0 Å². The average Bonchev–Trinajstić information content (AvgIpc) is 2.23. The molecule has 0 rings (SSSR count). The van der Waals surface area contributed by atoms with E-state index >= 15 is 0 Å². The first-order valence-corrected chi connectivity index (χ1v) is 10.4. The molecule has 116 valence electrons. The van der Waals surface area contributed by atoms with E-state index in [1.165, 1.54) is 11.1 Å². The van der Waals surface area contributed by atoms with Crippen molar-refractivity contribution in [1.82, 2.24) is 0 Å². The van der Waals surface area contributed by atoms with Crippen LogP contribution in [0.3, 0.4) is 0 Å². The van der Waals surface area contributed by atoms with Crippen molar-refractivity contribution in [3.8, 4) is 0 Å². The number of hydrogen-bond donors (Lipinski definition) is 0. The van der Waals surface area contributed by atoms with Gasteiger partial charge in [0, 0.05) is 0 Å². The van der Waals surface area contributed by atoms with Gasteiger partial charge in [-0.15, -0.1) is 0 Å². The fourth-order valence-corrected chi connectivity index (χ4v) is 2.39. The lowest BCUT2D eigenvalue weighted by atomic mass is 10.1. The van der Waals surface area contributed by atoms with Gasteiger partial charge in [-0.1, -0.05) is 44.1 Å². The van der Waals surface area contributed by atoms with Crippen LogP contribution >= 0.6 is 0 Å². The summed E-state index contributed by atoms with van der Waals surface area (Å²) in [7, 11) is -1.97. The van der Waals surface area contributed by atoms with E-state index in [1.54, 1.807) is 0 Å². The topological polar surface area (TPSA) is 26.3 Å². The van der Waals surface area contributed by atoms with Crippen molar-refractivity contribution in [1.29, 1.82) is 0 Å². The smallest absolute Gasteiger partial charge is 0.296 e. The van der Waals surface area contributed by atoms with Gasteiger partial charge in [0.05, 0.1) is 6.42 Å². The van der Waals surface area contributed by atoms with Crippen molar-refractivity contribution in [3.05, 3.63) is 23.3 Å². The zero-order chi connectivity index (χ0) is 16.0. The van der Waals surface area contributed by atoms with Gasteiger partial charge in [0.1, 0.15) is 0 Å². The highest BCUT2D eigenvalue weighted by atomic mass is 28.4. The molecule has 0 spiro atoms. The van der Waals surface area contributed by atoms with Crippen molar-refractivity contribution < 1.29 is 9.22 Å². The normalized spacial score (nSPS) is 13.1. The molecule has 0 aromatic heterocycles. The Labute approximate surface area is 126 Å². The van der Waals surface area contributed by atoms with Crippen LogP contribution in [0.5, 0.6) is 0 Å². The molecule has 0 radical (unpaired) electrons. The van der Waals surface area contributed by atoms with Crippen molar-refractivity contribution >= 4 is 14.3 Å². The predicted octanol–water partition coefficient (Wildman–Crippen LogP) is 5.62. The SMILES string of the molecule is CC(C)=CCC/C(C)=C/CC(=O)O[Si](C)(C)C(C)(C)C. The van der Waals surface area contributed by atoms with Crippen molar-refractivity contribution in [2.24, 2.45) is 0 Å². The molecule has 0 fully saturated rings. The second-order valence-electron chi connectivity index (χ2n) is 7.31. The minimum atomic E-state index is -1.97. The minimum absolute atomic E-state index is 0.0743. The number of carbonyl (C=O) groups excluding carboxylic acids is 1. The van der Waals surface area contributed by atoms with E-state index in [9.17, 15) is 4.79 Å². The number of hydrogen-bond acceptors (Lipinski definition) is 2. The highest BCUT2D eigenvalue weighted by molar-refractivity contribution is 6.75. The maximum absolute atomic E-state index is 11.9. The first-order valence-electron chi connectivity index (χ1n) is 7.46. The lowest BCUT2D eigenvalue weighted by Gasteiger charge is -2.35. The number of carbonyl (C=O) groups is 1. The molecule has 0 bridgehead atoms. The molecule has 0 aromatic carbocycles. The molecule has 2 nitrogen and oxygen atoms in total. The highest BCUT2D eigenvalue weighted by Gasteiger charge is 2.40. The summed E-state index contributed by atoms with van der Waals surface area (Å²) in [6, 6.07) is 0. The summed E-state index contributed by atoms with van der Waals surface area (Å²) >= 11 is 0. The van der Waals surface area contributed by atoms with Gasteiger partial charge in [-0.05, 0) is 51.7 Å². The Morgan fingerprint density at radius 1 is 1.10 bits per heavy atom. The summed E-state index contributed by atoms with van der Waals surface area (Å²) in [6.45, 7) is 16.9. The minimum Gasteiger partial charge on any atom is -0.519 e. The summed E-state index contributed by atoms with van der Waals surface area (Å²) in [5, 5.41) is 0.0743.